The van der Waals surface area contributed by atoms with Gasteiger partial charge in [-0.1, -0.05) is 13.8 Å². The number of hydrogen-bond donors (Lipinski definition) is 4. The topological polar surface area (TPSA) is 187 Å². The van der Waals surface area contributed by atoms with Crippen molar-refractivity contribution in [2.75, 3.05) is 40.4 Å². The highest BCUT2D eigenvalue weighted by Gasteiger charge is 2.70. The second-order valence-electron chi connectivity index (χ2n) is 10.3. The first-order valence-corrected chi connectivity index (χ1v) is 22.2. The van der Waals surface area contributed by atoms with E-state index in [1.54, 1.807) is 14.2 Å². The molecular weight excluding hydrogens is 577 g/mol. The molecule has 3 rings (SSSR count). The molecule has 3 saturated heterocycles. The van der Waals surface area contributed by atoms with Crippen LogP contribution < -0.4 is 22.9 Å². The predicted molar refractivity (Wildman–Crippen MR) is 154 cm³/mol. The summed E-state index contributed by atoms with van der Waals surface area (Å²) in [4.78, 5) is 0. The van der Waals surface area contributed by atoms with E-state index in [4.69, 9.17) is 61.8 Å². The summed E-state index contributed by atoms with van der Waals surface area (Å²) in [6.07, 6.45) is 2.21. The van der Waals surface area contributed by atoms with E-state index in [9.17, 15) is 0 Å². The average molecular weight is 629 g/mol. The van der Waals surface area contributed by atoms with Crippen molar-refractivity contribution in [2.24, 2.45) is 22.9 Å². The minimum Gasteiger partial charge on any atom is -0.377 e. The van der Waals surface area contributed by atoms with Crippen molar-refractivity contribution in [3.63, 3.8) is 0 Å². The summed E-state index contributed by atoms with van der Waals surface area (Å²) in [5, 5.41) is 0. The van der Waals surface area contributed by atoms with Crippen LogP contribution in [0.2, 0.25) is 24.2 Å². The fraction of sp³-hybridized carbons (Fsp3) is 1.00. The molecule has 0 amide bonds. The van der Waals surface area contributed by atoms with Crippen LogP contribution in [0, 0.1) is 0 Å². The number of hydrogen-bond acceptors (Lipinski definition) is 13. The lowest BCUT2D eigenvalue weighted by Gasteiger charge is -2.41. The van der Waals surface area contributed by atoms with Crippen LogP contribution in [0.3, 0.4) is 0 Å². The number of nitrogens with two attached hydrogens (primary N) is 4. The van der Waals surface area contributed by atoms with Crippen LogP contribution in [0.25, 0.3) is 0 Å². The lowest BCUT2D eigenvalue weighted by molar-refractivity contribution is -0.0774. The molecule has 17 heteroatoms. The van der Waals surface area contributed by atoms with Crippen LogP contribution in [0.15, 0.2) is 0 Å². The molecule has 3 heterocycles. The standard InChI is InChI=1S/C22H52N4O9Si4/c1-5-19-21-22-20(6-2)30-37(28-4,16-8-12-24)34-39(32-22,18-10-14-26)35-38(31-21,17-9-13-25)33-36(27-3,29-19)15-7-11-23/h19-22H,5-18,23-26H2,1-4H3/t19-,20?,21-,22+,36?,37?,38?,39?/m0/s1. The fourth-order valence-electron chi connectivity index (χ4n) is 5.45. The second kappa shape index (κ2) is 15.2. The summed E-state index contributed by atoms with van der Waals surface area (Å²) >= 11 is 0. The van der Waals surface area contributed by atoms with Crippen molar-refractivity contribution in [2.45, 2.75) is 101 Å². The highest BCUT2D eigenvalue weighted by atomic mass is 28.5. The van der Waals surface area contributed by atoms with Crippen LogP contribution >= 0.6 is 0 Å². The third-order valence-corrected chi connectivity index (χ3v) is 22.6. The third-order valence-electron chi connectivity index (χ3n) is 7.46. The van der Waals surface area contributed by atoms with Gasteiger partial charge in [0.1, 0.15) is 12.2 Å². The summed E-state index contributed by atoms with van der Waals surface area (Å²) in [6, 6.07) is 2.08. The highest BCUT2D eigenvalue weighted by molar-refractivity contribution is 6.84. The maximum atomic E-state index is 7.12. The van der Waals surface area contributed by atoms with Crippen molar-refractivity contribution >= 4 is 35.2 Å². The zero-order valence-corrected chi connectivity index (χ0v) is 28.2. The summed E-state index contributed by atoms with van der Waals surface area (Å²) in [7, 11) is -10.4. The van der Waals surface area contributed by atoms with Gasteiger partial charge in [-0.2, -0.15) is 0 Å². The highest BCUT2D eigenvalue weighted by Crippen LogP contribution is 2.46. The molecule has 39 heavy (non-hydrogen) atoms. The molecule has 0 aromatic heterocycles. The van der Waals surface area contributed by atoms with Gasteiger partial charge in [-0.05, 0) is 64.7 Å². The van der Waals surface area contributed by atoms with E-state index in [2.05, 4.69) is 13.8 Å². The van der Waals surface area contributed by atoms with Crippen LogP contribution in [-0.2, 0) is 38.9 Å². The Morgan fingerprint density at radius 1 is 0.538 bits per heavy atom. The van der Waals surface area contributed by atoms with E-state index in [0.29, 0.717) is 88.9 Å². The van der Waals surface area contributed by atoms with Gasteiger partial charge in [-0.15, -0.1) is 0 Å². The molecule has 0 radical (unpaired) electrons. The van der Waals surface area contributed by atoms with E-state index in [-0.39, 0.29) is 12.2 Å². The van der Waals surface area contributed by atoms with Crippen molar-refractivity contribution in [3.8, 4) is 0 Å². The molecule has 0 aromatic carbocycles. The van der Waals surface area contributed by atoms with Gasteiger partial charge < -0.3 is 61.8 Å². The Kier molecular flexibility index (Phi) is 13.2. The van der Waals surface area contributed by atoms with Crippen LogP contribution in [0.1, 0.15) is 52.4 Å². The van der Waals surface area contributed by atoms with Gasteiger partial charge in [0, 0.05) is 38.4 Å². The quantitative estimate of drug-likeness (QED) is 0.177. The Balaban J connectivity index is 2.22. The Hall–Kier alpha value is 0.348. The maximum absolute atomic E-state index is 7.12. The Morgan fingerprint density at radius 3 is 1.21 bits per heavy atom. The molecule has 0 saturated carbocycles. The summed E-state index contributed by atoms with van der Waals surface area (Å²) < 4.78 is 60.8. The van der Waals surface area contributed by atoms with Gasteiger partial charge in [0.05, 0.1) is 12.2 Å². The SMILES string of the molecule is CCC1O[Si](CCCN)(OC)O[Si]2(CCCN)O[C@H]1[C@H]1O[Si](CCCN)(O[Si](CCCN)(OC)O[C@H]1CC)O2. The van der Waals surface area contributed by atoms with Crippen LogP contribution in [-0.4, -0.2) is 100 Å². The molecule has 13 nitrogen and oxygen atoms in total. The molecule has 0 spiro atoms. The summed E-state index contributed by atoms with van der Waals surface area (Å²) in [5.41, 5.74) is 23.8. The van der Waals surface area contributed by atoms with Crippen LogP contribution in [0.4, 0.5) is 0 Å². The van der Waals surface area contributed by atoms with Crippen LogP contribution in [0.5, 0.6) is 0 Å². The summed E-state index contributed by atoms with van der Waals surface area (Å²) in [6.45, 7) is 6.01. The predicted octanol–water partition coefficient (Wildman–Crippen LogP) is 0.881. The monoisotopic (exact) mass is 628 g/mol. The van der Waals surface area contributed by atoms with Gasteiger partial charge >= 0.3 is 35.2 Å². The average Bonchev–Trinajstić information content (AvgIpc) is 3.25. The molecule has 3 fully saturated rings. The third kappa shape index (κ3) is 7.85. The number of fused-ring (bicyclic) bond motifs is 5. The molecule has 8 atom stereocenters. The molecule has 4 bridgehead atoms. The lowest BCUT2D eigenvalue weighted by Crippen LogP contribution is -2.65. The molecule has 5 unspecified atom stereocenters. The largest absolute Gasteiger partial charge is 0.493 e. The Labute approximate surface area is 238 Å². The molecular formula is C22H52N4O9Si4. The number of rotatable bonds is 16. The van der Waals surface area contributed by atoms with Gasteiger partial charge in [0.25, 0.3) is 0 Å². The van der Waals surface area contributed by atoms with Gasteiger partial charge in [0.15, 0.2) is 0 Å². The van der Waals surface area contributed by atoms with Gasteiger partial charge in [-0.25, -0.2) is 0 Å². The zero-order valence-electron chi connectivity index (χ0n) is 24.2. The van der Waals surface area contributed by atoms with Crippen molar-refractivity contribution in [3.05, 3.63) is 0 Å². The van der Waals surface area contributed by atoms with Gasteiger partial charge in [0.2, 0.25) is 0 Å². The van der Waals surface area contributed by atoms with E-state index in [1.165, 1.54) is 0 Å². The van der Waals surface area contributed by atoms with Crippen molar-refractivity contribution < 1.29 is 38.9 Å². The second-order valence-corrected chi connectivity index (χ2v) is 22.0. The minimum absolute atomic E-state index is 0.368. The zero-order chi connectivity index (χ0) is 28.6. The molecule has 3 aliphatic rings. The Morgan fingerprint density at radius 2 is 0.897 bits per heavy atom. The molecule has 230 valence electrons. The molecule has 3 aliphatic heterocycles. The molecule has 0 aromatic rings. The lowest BCUT2D eigenvalue weighted by atomic mass is 10.00. The van der Waals surface area contributed by atoms with E-state index >= 15 is 0 Å². The van der Waals surface area contributed by atoms with E-state index in [1.807, 2.05) is 0 Å². The molecule has 8 N–H and O–H groups in total. The van der Waals surface area contributed by atoms with Crippen molar-refractivity contribution in [1.29, 1.82) is 0 Å². The first-order chi connectivity index (χ1) is 18.8. The Bertz CT molecular complexity index is 700. The van der Waals surface area contributed by atoms with Gasteiger partial charge in [-0.3, -0.25) is 0 Å². The minimum atomic E-state index is -3.55. The molecule has 0 aliphatic carbocycles. The normalized spacial score (nSPS) is 40.6. The smallest absolute Gasteiger partial charge is 0.377 e. The van der Waals surface area contributed by atoms with E-state index < -0.39 is 47.4 Å². The fourth-order valence-corrected chi connectivity index (χ4v) is 23.0. The van der Waals surface area contributed by atoms with E-state index in [0.717, 1.165) is 0 Å². The maximum Gasteiger partial charge on any atom is 0.493 e. The first kappa shape index (κ1) is 33.8. The summed E-state index contributed by atoms with van der Waals surface area (Å²) in [5.74, 6) is 0. The van der Waals surface area contributed by atoms with Crippen molar-refractivity contribution in [1.82, 2.24) is 0 Å². The first-order valence-electron chi connectivity index (χ1n) is 14.5.